The molecule has 1 atom stereocenters. The van der Waals surface area contributed by atoms with Crippen LogP contribution in [0.3, 0.4) is 0 Å². The first-order valence-corrected chi connectivity index (χ1v) is 6.31. The Bertz CT molecular complexity index is 560. The zero-order valence-corrected chi connectivity index (χ0v) is 11.5. The van der Waals surface area contributed by atoms with Crippen molar-refractivity contribution in [1.29, 1.82) is 0 Å². The topological polar surface area (TPSA) is 43.7 Å². The summed E-state index contributed by atoms with van der Waals surface area (Å²) in [6.45, 7) is 4.00. The number of anilines is 1. The van der Waals surface area contributed by atoms with Crippen LogP contribution in [0, 0.1) is 6.92 Å². The van der Waals surface area contributed by atoms with Crippen LogP contribution >= 0.6 is 0 Å². The highest BCUT2D eigenvalue weighted by Gasteiger charge is 2.19. The van der Waals surface area contributed by atoms with Crippen LogP contribution in [0.5, 0.6) is 11.5 Å². The average Bonchev–Trinajstić information content (AvgIpc) is 2.37. The number of rotatable bonds is 3. The first-order valence-electron chi connectivity index (χ1n) is 6.31. The molecule has 0 aliphatic rings. The molecule has 2 N–H and O–H groups in total. The van der Waals surface area contributed by atoms with Gasteiger partial charge >= 0.3 is 0 Å². The maximum Gasteiger partial charge on any atom is 0.124 e. The van der Waals surface area contributed by atoms with E-state index in [9.17, 15) is 10.2 Å². The Hall–Kier alpha value is -2.16. The van der Waals surface area contributed by atoms with Gasteiger partial charge in [0.2, 0.25) is 0 Å². The van der Waals surface area contributed by atoms with E-state index < -0.39 is 0 Å². The molecule has 0 radical (unpaired) electrons. The molecule has 19 heavy (non-hydrogen) atoms. The number of phenolic OH excluding ortho intramolecular Hbond substituents is 2. The summed E-state index contributed by atoms with van der Waals surface area (Å²) in [5.74, 6) is 0.235. The van der Waals surface area contributed by atoms with E-state index in [1.165, 1.54) is 5.56 Å². The van der Waals surface area contributed by atoms with E-state index in [4.69, 9.17) is 0 Å². The largest absolute Gasteiger partial charge is 0.507 e. The third kappa shape index (κ3) is 2.65. The molecule has 2 aromatic rings. The number of nitrogens with zero attached hydrogens (tertiary/aromatic N) is 1. The summed E-state index contributed by atoms with van der Waals surface area (Å²) in [7, 11) is 1.95. The van der Waals surface area contributed by atoms with Gasteiger partial charge in [0.05, 0.1) is 11.6 Å². The van der Waals surface area contributed by atoms with Gasteiger partial charge in [-0.1, -0.05) is 18.2 Å². The van der Waals surface area contributed by atoms with Gasteiger partial charge in [0.15, 0.2) is 0 Å². The number of hydrogen-bond donors (Lipinski definition) is 2. The smallest absolute Gasteiger partial charge is 0.124 e. The lowest BCUT2D eigenvalue weighted by molar-refractivity contribution is 0.430. The molecule has 0 amide bonds. The summed E-state index contributed by atoms with van der Waals surface area (Å²) < 4.78 is 0. The van der Waals surface area contributed by atoms with Crippen molar-refractivity contribution in [3.63, 3.8) is 0 Å². The van der Waals surface area contributed by atoms with Gasteiger partial charge in [-0.05, 0) is 43.7 Å². The van der Waals surface area contributed by atoms with Crippen molar-refractivity contribution in [3.8, 4) is 11.5 Å². The highest BCUT2D eigenvalue weighted by molar-refractivity contribution is 5.54. The normalized spacial score (nSPS) is 12.2. The van der Waals surface area contributed by atoms with Gasteiger partial charge in [0.1, 0.15) is 11.5 Å². The van der Waals surface area contributed by atoms with E-state index in [1.54, 1.807) is 18.2 Å². The zero-order valence-electron chi connectivity index (χ0n) is 11.5. The molecule has 0 bridgehead atoms. The highest BCUT2D eigenvalue weighted by Crippen LogP contribution is 2.36. The molecule has 3 heteroatoms. The lowest BCUT2D eigenvalue weighted by Gasteiger charge is -2.28. The summed E-state index contributed by atoms with van der Waals surface area (Å²) in [4.78, 5) is 2.03. The minimum atomic E-state index is -0.122. The van der Waals surface area contributed by atoms with Gasteiger partial charge in [0, 0.05) is 12.7 Å². The Morgan fingerprint density at radius 2 is 1.58 bits per heavy atom. The van der Waals surface area contributed by atoms with Crippen molar-refractivity contribution < 1.29 is 10.2 Å². The fraction of sp³-hybridized carbons (Fsp3) is 0.250. The maximum atomic E-state index is 9.93. The minimum Gasteiger partial charge on any atom is -0.507 e. The fourth-order valence-electron chi connectivity index (χ4n) is 2.23. The number of aryl methyl sites for hydroxylation is 1. The number of benzene rings is 2. The molecule has 0 saturated carbocycles. The molecule has 0 aliphatic heterocycles. The molecule has 0 aliphatic carbocycles. The lowest BCUT2D eigenvalue weighted by Crippen LogP contribution is -2.21. The van der Waals surface area contributed by atoms with Crippen LogP contribution in [-0.4, -0.2) is 17.3 Å². The monoisotopic (exact) mass is 257 g/mol. The van der Waals surface area contributed by atoms with E-state index in [2.05, 4.69) is 6.07 Å². The van der Waals surface area contributed by atoms with Crippen LogP contribution in [0.15, 0.2) is 42.5 Å². The van der Waals surface area contributed by atoms with Crippen LogP contribution in [0.1, 0.15) is 24.1 Å². The summed E-state index contributed by atoms with van der Waals surface area (Å²) >= 11 is 0. The molecule has 0 saturated heterocycles. The Morgan fingerprint density at radius 3 is 2.16 bits per heavy atom. The van der Waals surface area contributed by atoms with Crippen molar-refractivity contribution in [1.82, 2.24) is 0 Å². The molecule has 0 aromatic heterocycles. The van der Waals surface area contributed by atoms with Gasteiger partial charge in [0.25, 0.3) is 0 Å². The van der Waals surface area contributed by atoms with E-state index in [0.717, 1.165) is 5.69 Å². The Labute approximate surface area is 113 Å². The highest BCUT2D eigenvalue weighted by atomic mass is 16.3. The Kier molecular flexibility index (Phi) is 3.65. The first-order chi connectivity index (χ1) is 9.00. The third-order valence-electron chi connectivity index (χ3n) is 3.47. The average molecular weight is 257 g/mol. The SMILES string of the molecule is Cc1cccc(N(C)C(C)c2c(O)cccc2O)c1. The maximum absolute atomic E-state index is 9.93. The number of aromatic hydroxyl groups is 2. The van der Waals surface area contributed by atoms with Crippen LogP contribution in [0.25, 0.3) is 0 Å². The minimum absolute atomic E-state index is 0.118. The predicted molar refractivity (Wildman–Crippen MR) is 77.8 cm³/mol. The van der Waals surface area contributed by atoms with Crippen LogP contribution < -0.4 is 4.90 Å². The molecule has 0 fully saturated rings. The second kappa shape index (κ2) is 5.22. The van der Waals surface area contributed by atoms with Gasteiger partial charge in [-0.15, -0.1) is 0 Å². The van der Waals surface area contributed by atoms with Crippen molar-refractivity contribution in [2.24, 2.45) is 0 Å². The second-order valence-corrected chi connectivity index (χ2v) is 4.84. The third-order valence-corrected chi connectivity index (χ3v) is 3.47. The second-order valence-electron chi connectivity index (χ2n) is 4.84. The fourth-order valence-corrected chi connectivity index (χ4v) is 2.23. The van der Waals surface area contributed by atoms with Gasteiger partial charge in [-0.2, -0.15) is 0 Å². The molecule has 0 heterocycles. The van der Waals surface area contributed by atoms with E-state index in [-0.39, 0.29) is 17.5 Å². The van der Waals surface area contributed by atoms with Gasteiger partial charge in [-0.3, -0.25) is 0 Å². The summed E-state index contributed by atoms with van der Waals surface area (Å²) in [6.07, 6.45) is 0. The van der Waals surface area contributed by atoms with Crippen LogP contribution in [-0.2, 0) is 0 Å². The van der Waals surface area contributed by atoms with Crippen molar-refractivity contribution in [3.05, 3.63) is 53.6 Å². The van der Waals surface area contributed by atoms with E-state index in [0.29, 0.717) is 5.56 Å². The molecule has 1 unspecified atom stereocenters. The van der Waals surface area contributed by atoms with Gasteiger partial charge < -0.3 is 15.1 Å². The Morgan fingerprint density at radius 1 is 1.00 bits per heavy atom. The van der Waals surface area contributed by atoms with E-state index in [1.807, 2.05) is 44.0 Å². The molecule has 100 valence electrons. The van der Waals surface area contributed by atoms with E-state index >= 15 is 0 Å². The zero-order chi connectivity index (χ0) is 14.0. The number of hydrogen-bond acceptors (Lipinski definition) is 3. The van der Waals surface area contributed by atoms with Crippen molar-refractivity contribution >= 4 is 5.69 Å². The quantitative estimate of drug-likeness (QED) is 0.883. The van der Waals surface area contributed by atoms with Crippen molar-refractivity contribution in [2.45, 2.75) is 19.9 Å². The molecule has 2 rings (SSSR count). The summed E-state index contributed by atoms with van der Waals surface area (Å²) in [6, 6.07) is 12.8. The van der Waals surface area contributed by atoms with Crippen LogP contribution in [0.2, 0.25) is 0 Å². The van der Waals surface area contributed by atoms with Crippen LogP contribution in [0.4, 0.5) is 5.69 Å². The molecule has 0 spiro atoms. The molecular formula is C16H19NO2. The number of phenols is 2. The van der Waals surface area contributed by atoms with Gasteiger partial charge in [-0.25, -0.2) is 0 Å². The predicted octanol–water partition coefficient (Wildman–Crippen LogP) is 3.60. The van der Waals surface area contributed by atoms with Crippen molar-refractivity contribution in [2.75, 3.05) is 11.9 Å². The lowest BCUT2D eigenvalue weighted by atomic mass is 10.0. The summed E-state index contributed by atoms with van der Waals surface area (Å²) in [5, 5.41) is 19.9. The molecule has 3 nitrogen and oxygen atoms in total. The molecule has 2 aromatic carbocycles. The Balaban J connectivity index is 2.36. The standard InChI is InChI=1S/C16H19NO2/c1-11-6-4-7-13(10-11)17(3)12(2)16-14(18)8-5-9-15(16)19/h4-10,12,18-19H,1-3H3. The summed E-state index contributed by atoms with van der Waals surface area (Å²) in [5.41, 5.74) is 2.78. The molecular weight excluding hydrogens is 238 g/mol. The first kappa shape index (κ1) is 13.3.